The molecule has 2 saturated carbocycles. The molecule has 0 heterocycles. The van der Waals surface area contributed by atoms with E-state index in [9.17, 15) is 9.90 Å². The quantitative estimate of drug-likeness (QED) is 0.628. The molecule has 3 atom stereocenters. The van der Waals surface area contributed by atoms with Gasteiger partial charge in [-0.1, -0.05) is 19.9 Å². The molecular formula is C16H26O3. The van der Waals surface area contributed by atoms with E-state index < -0.39 is 11.0 Å². The number of hydrogen-bond acceptors (Lipinski definition) is 3. The molecule has 0 aliphatic heterocycles. The number of carbonyl (C=O) groups is 1. The number of rotatable bonds is 4. The average molecular weight is 266 g/mol. The Morgan fingerprint density at radius 2 is 2.21 bits per heavy atom. The highest BCUT2D eigenvalue weighted by Gasteiger charge is 2.67. The second-order valence-electron chi connectivity index (χ2n) is 7.11. The second kappa shape index (κ2) is 4.62. The molecule has 0 aromatic carbocycles. The normalized spacial score (nSPS) is 39.9. The van der Waals surface area contributed by atoms with Crippen LogP contribution in [0.25, 0.3) is 0 Å². The smallest absolute Gasteiger partial charge is 0.314 e. The maximum atomic E-state index is 12.4. The van der Waals surface area contributed by atoms with E-state index in [-0.39, 0.29) is 17.3 Å². The number of fused-ring (bicyclic) bond motifs is 1. The van der Waals surface area contributed by atoms with Crippen LogP contribution in [0.5, 0.6) is 0 Å². The summed E-state index contributed by atoms with van der Waals surface area (Å²) in [4.78, 5) is 12.4. The minimum atomic E-state index is -0.896. The highest BCUT2D eigenvalue weighted by molar-refractivity contribution is 5.79. The van der Waals surface area contributed by atoms with Crippen molar-refractivity contribution < 1.29 is 14.6 Å². The molecule has 2 aliphatic rings. The lowest BCUT2D eigenvalue weighted by molar-refractivity contribution is -0.172. The van der Waals surface area contributed by atoms with Crippen molar-refractivity contribution in [2.45, 2.75) is 58.0 Å². The Morgan fingerprint density at radius 1 is 1.53 bits per heavy atom. The van der Waals surface area contributed by atoms with Crippen LogP contribution >= 0.6 is 0 Å². The summed E-state index contributed by atoms with van der Waals surface area (Å²) in [5, 5.41) is 11.3. The minimum absolute atomic E-state index is 0.104. The van der Waals surface area contributed by atoms with E-state index in [1.165, 1.54) is 7.11 Å². The maximum absolute atomic E-state index is 12.4. The Hall–Kier alpha value is -0.830. The topological polar surface area (TPSA) is 46.5 Å². The average Bonchev–Trinajstić information content (AvgIpc) is 2.73. The van der Waals surface area contributed by atoms with Gasteiger partial charge in [0.2, 0.25) is 0 Å². The van der Waals surface area contributed by atoms with Gasteiger partial charge in [0.25, 0.3) is 0 Å². The van der Waals surface area contributed by atoms with Crippen molar-refractivity contribution in [1.29, 1.82) is 0 Å². The van der Waals surface area contributed by atoms with Crippen molar-refractivity contribution in [3.05, 3.63) is 12.7 Å². The Bertz CT molecular complexity index is 387. The highest BCUT2D eigenvalue weighted by Crippen LogP contribution is 2.64. The maximum Gasteiger partial charge on any atom is 0.314 e. The lowest BCUT2D eigenvalue weighted by Crippen LogP contribution is -2.51. The van der Waals surface area contributed by atoms with Crippen LogP contribution < -0.4 is 0 Å². The summed E-state index contributed by atoms with van der Waals surface area (Å²) >= 11 is 0. The number of allylic oxidation sites excluding steroid dienone is 1. The molecule has 108 valence electrons. The van der Waals surface area contributed by atoms with Gasteiger partial charge in [-0.3, -0.25) is 4.79 Å². The number of hydrogen-bond donors (Lipinski definition) is 1. The number of ether oxygens (including phenoxy) is 1. The predicted molar refractivity (Wildman–Crippen MR) is 74.6 cm³/mol. The van der Waals surface area contributed by atoms with Gasteiger partial charge < -0.3 is 9.84 Å². The Morgan fingerprint density at radius 3 is 2.79 bits per heavy atom. The first-order valence-electron chi connectivity index (χ1n) is 7.23. The van der Waals surface area contributed by atoms with E-state index in [1.54, 1.807) is 0 Å². The van der Waals surface area contributed by atoms with Crippen molar-refractivity contribution in [3.63, 3.8) is 0 Å². The van der Waals surface area contributed by atoms with Crippen molar-refractivity contribution in [2.24, 2.45) is 16.7 Å². The molecule has 0 saturated heterocycles. The van der Waals surface area contributed by atoms with Crippen LogP contribution in [0.15, 0.2) is 12.7 Å². The van der Waals surface area contributed by atoms with Gasteiger partial charge in [-0.05, 0) is 49.9 Å². The molecule has 1 N–H and O–H groups in total. The monoisotopic (exact) mass is 266 g/mol. The summed E-state index contributed by atoms with van der Waals surface area (Å²) in [6.45, 7) is 8.10. The van der Waals surface area contributed by atoms with Gasteiger partial charge in [0.1, 0.15) is 0 Å². The van der Waals surface area contributed by atoms with Gasteiger partial charge >= 0.3 is 5.97 Å². The van der Waals surface area contributed by atoms with E-state index in [4.69, 9.17) is 4.74 Å². The molecular weight excluding hydrogens is 240 g/mol. The van der Waals surface area contributed by atoms with Gasteiger partial charge in [-0.15, -0.1) is 6.58 Å². The lowest BCUT2D eigenvalue weighted by atomic mass is 9.68. The lowest BCUT2D eigenvalue weighted by Gasteiger charge is -2.41. The summed E-state index contributed by atoms with van der Waals surface area (Å²) in [5.41, 5.74) is -1.52. The first-order valence-corrected chi connectivity index (χ1v) is 7.23. The standard InChI is InChI=1S/C16H26O3/c1-5-6-8-15(13(17)19-4)9-7-12-10-14(2,3)11-16(12,15)18/h5,12,18H,1,6-11H2,2-4H3/t12-,15-,16-/m1/s1. The van der Waals surface area contributed by atoms with Crippen LogP contribution in [0.4, 0.5) is 0 Å². The van der Waals surface area contributed by atoms with Crippen molar-refractivity contribution in [3.8, 4) is 0 Å². The zero-order chi connectivity index (χ0) is 14.3. The predicted octanol–water partition coefficient (Wildman–Crippen LogP) is 3.07. The molecule has 2 rings (SSSR count). The number of carbonyl (C=O) groups excluding carboxylic acids is 1. The highest BCUT2D eigenvalue weighted by atomic mass is 16.5. The van der Waals surface area contributed by atoms with Gasteiger partial charge in [-0.2, -0.15) is 0 Å². The van der Waals surface area contributed by atoms with Gasteiger partial charge in [0.05, 0.1) is 18.1 Å². The molecule has 0 bridgehead atoms. The second-order valence-corrected chi connectivity index (χ2v) is 7.11. The number of aliphatic hydroxyl groups is 1. The van der Waals surface area contributed by atoms with Crippen molar-refractivity contribution in [1.82, 2.24) is 0 Å². The molecule has 2 fully saturated rings. The van der Waals surface area contributed by atoms with E-state index in [0.717, 1.165) is 25.7 Å². The Labute approximate surface area is 116 Å². The Balaban J connectivity index is 2.38. The number of methoxy groups -OCH3 is 1. The first-order chi connectivity index (χ1) is 8.81. The SMILES string of the molecule is C=CCC[C@]1(C(=O)OC)CC[C@@H]2CC(C)(C)C[C@@]21O. The first kappa shape index (κ1) is 14.6. The summed E-state index contributed by atoms with van der Waals surface area (Å²) in [7, 11) is 1.43. The zero-order valence-corrected chi connectivity index (χ0v) is 12.4. The van der Waals surface area contributed by atoms with Crippen LogP contribution in [-0.2, 0) is 9.53 Å². The van der Waals surface area contributed by atoms with E-state index in [0.29, 0.717) is 12.8 Å². The minimum Gasteiger partial charge on any atom is -0.469 e. The van der Waals surface area contributed by atoms with Crippen LogP contribution in [0.1, 0.15) is 52.4 Å². The largest absolute Gasteiger partial charge is 0.469 e. The van der Waals surface area contributed by atoms with Crippen molar-refractivity contribution >= 4 is 5.97 Å². The molecule has 3 nitrogen and oxygen atoms in total. The fourth-order valence-electron chi connectivity index (χ4n) is 4.59. The summed E-state index contributed by atoms with van der Waals surface area (Å²) in [5.74, 6) is -0.0107. The molecule has 0 aromatic rings. The summed E-state index contributed by atoms with van der Waals surface area (Å²) in [6, 6.07) is 0. The molecule has 3 heteroatoms. The molecule has 0 radical (unpaired) electrons. The van der Waals surface area contributed by atoms with Gasteiger partial charge in [0, 0.05) is 0 Å². The fourth-order valence-corrected chi connectivity index (χ4v) is 4.59. The summed E-state index contributed by atoms with van der Waals surface area (Å²) < 4.78 is 5.04. The van der Waals surface area contributed by atoms with Crippen LogP contribution in [0.3, 0.4) is 0 Å². The van der Waals surface area contributed by atoms with Crippen molar-refractivity contribution in [2.75, 3.05) is 7.11 Å². The van der Waals surface area contributed by atoms with E-state index in [1.807, 2.05) is 6.08 Å². The molecule has 0 amide bonds. The third-order valence-corrected chi connectivity index (χ3v) is 5.32. The molecule has 0 aromatic heterocycles. The Kier molecular flexibility index (Phi) is 3.54. The van der Waals surface area contributed by atoms with Crippen LogP contribution in [0, 0.1) is 16.7 Å². The van der Waals surface area contributed by atoms with Gasteiger partial charge in [0.15, 0.2) is 0 Å². The van der Waals surface area contributed by atoms with E-state index in [2.05, 4.69) is 20.4 Å². The molecule has 0 unspecified atom stereocenters. The van der Waals surface area contributed by atoms with Crippen LogP contribution in [0.2, 0.25) is 0 Å². The fraction of sp³-hybridized carbons (Fsp3) is 0.812. The molecule has 19 heavy (non-hydrogen) atoms. The third kappa shape index (κ3) is 2.03. The third-order valence-electron chi connectivity index (χ3n) is 5.32. The molecule has 2 aliphatic carbocycles. The summed E-state index contributed by atoms with van der Waals surface area (Å²) in [6.07, 6.45) is 6.56. The molecule has 0 spiro atoms. The number of esters is 1. The van der Waals surface area contributed by atoms with Gasteiger partial charge in [-0.25, -0.2) is 0 Å². The van der Waals surface area contributed by atoms with Crippen LogP contribution in [-0.4, -0.2) is 23.8 Å². The zero-order valence-electron chi connectivity index (χ0n) is 12.4. The van der Waals surface area contributed by atoms with E-state index >= 15 is 0 Å².